The van der Waals surface area contributed by atoms with Crippen LogP contribution in [0.2, 0.25) is 0 Å². The summed E-state index contributed by atoms with van der Waals surface area (Å²) in [5.41, 5.74) is 4.25. The predicted octanol–water partition coefficient (Wildman–Crippen LogP) is 4.68. The molecule has 0 spiro atoms. The van der Waals surface area contributed by atoms with Gasteiger partial charge < -0.3 is 14.4 Å². The molecule has 0 N–H and O–H groups in total. The van der Waals surface area contributed by atoms with Gasteiger partial charge in [-0.2, -0.15) is 5.10 Å². The fraction of sp³-hybridized carbons (Fsp3) is 0.179. The molecule has 4 aromatic rings. The number of nitrogens with zero attached hydrogens (tertiary/aromatic N) is 3. The summed E-state index contributed by atoms with van der Waals surface area (Å²) in [5, 5.41) is 4.66. The Kier molecular flexibility index (Phi) is 6.30. The second-order valence-corrected chi connectivity index (χ2v) is 8.26. The molecule has 7 nitrogen and oxygen atoms in total. The minimum Gasteiger partial charge on any atom is -0.497 e. The summed E-state index contributed by atoms with van der Waals surface area (Å²) < 4.78 is 12.5. The van der Waals surface area contributed by atoms with Crippen molar-refractivity contribution < 1.29 is 19.1 Å². The average molecular weight is 468 g/mol. The highest BCUT2D eigenvalue weighted by atomic mass is 16.5. The van der Waals surface area contributed by atoms with Gasteiger partial charge in [0.1, 0.15) is 17.0 Å². The molecular weight excluding hydrogens is 442 g/mol. The summed E-state index contributed by atoms with van der Waals surface area (Å²) in [6.07, 6.45) is 3.44. The smallest absolute Gasteiger partial charge is 0.342 e. The van der Waals surface area contributed by atoms with Gasteiger partial charge in [0, 0.05) is 24.0 Å². The number of benzene rings is 3. The van der Waals surface area contributed by atoms with Crippen molar-refractivity contribution >= 4 is 17.6 Å². The van der Waals surface area contributed by atoms with Crippen LogP contribution in [0.5, 0.6) is 5.75 Å². The van der Waals surface area contributed by atoms with Gasteiger partial charge in [0.15, 0.2) is 6.61 Å². The maximum atomic E-state index is 13.2. The van der Waals surface area contributed by atoms with E-state index in [0.29, 0.717) is 23.6 Å². The molecule has 1 amide bonds. The topological polar surface area (TPSA) is 73.7 Å². The fourth-order valence-corrected chi connectivity index (χ4v) is 4.30. The fourth-order valence-electron chi connectivity index (χ4n) is 4.30. The van der Waals surface area contributed by atoms with E-state index in [2.05, 4.69) is 5.10 Å². The van der Waals surface area contributed by atoms with E-state index in [9.17, 15) is 9.59 Å². The maximum Gasteiger partial charge on any atom is 0.342 e. The number of rotatable bonds is 6. The van der Waals surface area contributed by atoms with Crippen molar-refractivity contribution in [1.82, 2.24) is 9.78 Å². The second-order valence-electron chi connectivity index (χ2n) is 8.26. The summed E-state index contributed by atoms with van der Waals surface area (Å²) in [5.74, 6) is -0.206. The first kappa shape index (κ1) is 22.4. The summed E-state index contributed by atoms with van der Waals surface area (Å²) in [7, 11) is 1.58. The summed E-state index contributed by atoms with van der Waals surface area (Å²) >= 11 is 0. The molecule has 1 aliphatic heterocycles. The molecule has 1 aromatic heterocycles. The van der Waals surface area contributed by atoms with Crippen LogP contribution in [0, 0.1) is 0 Å². The van der Waals surface area contributed by atoms with Crippen molar-refractivity contribution in [3.05, 3.63) is 96.2 Å². The van der Waals surface area contributed by atoms with Gasteiger partial charge >= 0.3 is 5.97 Å². The van der Waals surface area contributed by atoms with Gasteiger partial charge in [-0.05, 0) is 48.7 Å². The lowest BCUT2D eigenvalue weighted by Crippen LogP contribution is -2.38. The molecule has 0 atom stereocenters. The SMILES string of the molecule is COc1cccc(-c2nn(-c3ccccc3)cc2C(=O)OCC(=O)N2CCCc3ccccc32)c1. The van der Waals surface area contributed by atoms with Crippen molar-refractivity contribution in [3.63, 3.8) is 0 Å². The standard InChI is InChI=1S/C28H25N3O4/c1-34-23-14-7-10-21(17-23)27-24(18-31(29-27)22-12-3-2-4-13-22)28(33)35-19-26(32)30-16-8-11-20-9-5-6-15-25(20)30/h2-7,9-10,12-15,17-18H,8,11,16,19H2,1H3. The van der Waals surface area contributed by atoms with Crippen LogP contribution >= 0.6 is 0 Å². The molecule has 7 heteroatoms. The molecule has 0 radical (unpaired) electrons. The highest BCUT2D eigenvalue weighted by molar-refractivity contribution is 6.00. The van der Waals surface area contributed by atoms with E-state index < -0.39 is 5.97 Å². The molecule has 0 unspecified atom stereocenters. The molecule has 0 saturated carbocycles. The van der Waals surface area contributed by atoms with E-state index in [0.717, 1.165) is 29.8 Å². The molecule has 5 rings (SSSR count). The molecule has 0 bridgehead atoms. The van der Waals surface area contributed by atoms with Crippen LogP contribution in [-0.4, -0.2) is 41.9 Å². The van der Waals surface area contributed by atoms with E-state index in [1.807, 2.05) is 78.9 Å². The number of para-hydroxylation sites is 2. The van der Waals surface area contributed by atoms with Crippen molar-refractivity contribution in [2.45, 2.75) is 12.8 Å². The van der Waals surface area contributed by atoms with E-state index in [-0.39, 0.29) is 18.1 Å². The number of esters is 1. The van der Waals surface area contributed by atoms with Gasteiger partial charge in [0.25, 0.3) is 5.91 Å². The number of carbonyl (C=O) groups excluding carboxylic acids is 2. The zero-order chi connectivity index (χ0) is 24.2. The third-order valence-electron chi connectivity index (χ3n) is 6.04. The number of anilines is 1. The summed E-state index contributed by atoms with van der Waals surface area (Å²) in [4.78, 5) is 27.9. The molecule has 1 aliphatic rings. The molecule has 2 heterocycles. The normalized spacial score (nSPS) is 12.7. The highest BCUT2D eigenvalue weighted by Crippen LogP contribution is 2.29. The van der Waals surface area contributed by atoms with Crippen LogP contribution in [0.4, 0.5) is 5.69 Å². The molecule has 0 saturated heterocycles. The number of carbonyl (C=O) groups is 2. The number of aryl methyl sites for hydroxylation is 1. The van der Waals surface area contributed by atoms with Crippen LogP contribution in [-0.2, 0) is 16.0 Å². The Bertz CT molecular complexity index is 1360. The van der Waals surface area contributed by atoms with E-state index >= 15 is 0 Å². The van der Waals surface area contributed by atoms with Crippen LogP contribution < -0.4 is 9.64 Å². The van der Waals surface area contributed by atoms with Gasteiger partial charge in [-0.25, -0.2) is 9.48 Å². The van der Waals surface area contributed by atoms with Gasteiger partial charge in [0.2, 0.25) is 0 Å². The Morgan fingerprint density at radius 1 is 0.971 bits per heavy atom. The highest BCUT2D eigenvalue weighted by Gasteiger charge is 2.25. The molecule has 0 fully saturated rings. The zero-order valence-corrected chi connectivity index (χ0v) is 19.4. The van der Waals surface area contributed by atoms with E-state index in [1.54, 1.807) is 22.9 Å². The third kappa shape index (κ3) is 4.66. The van der Waals surface area contributed by atoms with E-state index in [4.69, 9.17) is 9.47 Å². The van der Waals surface area contributed by atoms with Crippen LogP contribution in [0.25, 0.3) is 16.9 Å². The number of hydrogen-bond donors (Lipinski definition) is 0. The van der Waals surface area contributed by atoms with Crippen molar-refractivity contribution in [1.29, 1.82) is 0 Å². The molecule has 176 valence electrons. The lowest BCUT2D eigenvalue weighted by molar-refractivity contribution is -0.121. The second kappa shape index (κ2) is 9.85. The Balaban J connectivity index is 1.41. The maximum absolute atomic E-state index is 13.2. The van der Waals surface area contributed by atoms with Gasteiger partial charge in [-0.3, -0.25) is 4.79 Å². The number of ether oxygens (including phenoxy) is 2. The van der Waals surface area contributed by atoms with Crippen LogP contribution in [0.1, 0.15) is 22.3 Å². The van der Waals surface area contributed by atoms with Crippen molar-refractivity contribution in [3.8, 4) is 22.7 Å². The number of aromatic nitrogens is 2. The lowest BCUT2D eigenvalue weighted by atomic mass is 10.0. The number of fused-ring (bicyclic) bond motifs is 1. The van der Waals surface area contributed by atoms with E-state index in [1.165, 1.54) is 0 Å². The predicted molar refractivity (Wildman–Crippen MR) is 133 cm³/mol. The van der Waals surface area contributed by atoms with Crippen LogP contribution in [0.3, 0.4) is 0 Å². The van der Waals surface area contributed by atoms with Gasteiger partial charge in [-0.1, -0.05) is 48.5 Å². The lowest BCUT2D eigenvalue weighted by Gasteiger charge is -2.29. The number of methoxy groups -OCH3 is 1. The van der Waals surface area contributed by atoms with Gasteiger partial charge in [-0.15, -0.1) is 0 Å². The van der Waals surface area contributed by atoms with Crippen molar-refractivity contribution in [2.24, 2.45) is 0 Å². The quantitative estimate of drug-likeness (QED) is 0.385. The largest absolute Gasteiger partial charge is 0.497 e. The van der Waals surface area contributed by atoms with Crippen molar-refractivity contribution in [2.75, 3.05) is 25.2 Å². The Hall–Kier alpha value is -4.39. The molecule has 0 aliphatic carbocycles. The Morgan fingerprint density at radius 3 is 2.60 bits per heavy atom. The molecule has 3 aromatic carbocycles. The molecule has 35 heavy (non-hydrogen) atoms. The minimum atomic E-state index is -0.608. The average Bonchev–Trinajstić information content (AvgIpc) is 3.37. The summed E-state index contributed by atoms with van der Waals surface area (Å²) in [6.45, 7) is 0.260. The first-order chi connectivity index (χ1) is 17.1. The third-order valence-corrected chi connectivity index (χ3v) is 6.04. The zero-order valence-electron chi connectivity index (χ0n) is 19.4. The number of amides is 1. The Morgan fingerprint density at radius 2 is 1.77 bits per heavy atom. The minimum absolute atomic E-state index is 0.246. The van der Waals surface area contributed by atoms with Gasteiger partial charge in [0.05, 0.1) is 12.8 Å². The molecular formula is C28H25N3O4. The number of hydrogen-bond acceptors (Lipinski definition) is 5. The monoisotopic (exact) mass is 467 g/mol. The van der Waals surface area contributed by atoms with Crippen LogP contribution in [0.15, 0.2) is 85.1 Å². The first-order valence-electron chi connectivity index (χ1n) is 11.5. The Labute approximate surface area is 203 Å². The summed E-state index contributed by atoms with van der Waals surface area (Å²) in [6, 6.07) is 24.7. The first-order valence-corrected chi connectivity index (χ1v) is 11.5.